The van der Waals surface area contributed by atoms with Crippen molar-refractivity contribution in [2.75, 3.05) is 12.9 Å². The number of esters is 1. The Balaban J connectivity index is 1.32. The van der Waals surface area contributed by atoms with Crippen LogP contribution in [-0.2, 0) is 32.1 Å². The topological polar surface area (TPSA) is 84.9 Å². The van der Waals surface area contributed by atoms with Crippen LogP contribution >= 0.6 is 11.8 Å². The molecule has 2 heterocycles. The average Bonchev–Trinajstić information content (AvgIpc) is 2.85. The molecule has 0 saturated carbocycles. The van der Waals surface area contributed by atoms with Crippen LogP contribution < -0.4 is 10.1 Å². The maximum Gasteiger partial charge on any atom is 0.355 e. The number of methoxy groups -OCH3 is 1. The van der Waals surface area contributed by atoms with Crippen LogP contribution in [0, 0.1) is 0 Å². The van der Waals surface area contributed by atoms with Crippen molar-refractivity contribution in [2.45, 2.75) is 37.8 Å². The summed E-state index contributed by atoms with van der Waals surface area (Å²) in [7, 11) is 1.61. The van der Waals surface area contributed by atoms with E-state index < -0.39 is 12.0 Å². The Morgan fingerprint density at radius 1 is 1.09 bits per heavy atom. The SMILES string of the molecule is COc1ccc(CCC(=O)N[C@@H]2C(=O)N3C(C(=O)OCc4ccccc4)=C(C)CS[C@H]23)cc1. The number of β-lactam (4-membered cyclic amide) rings is 1. The molecule has 2 aliphatic rings. The Labute approximate surface area is 197 Å². The number of carbonyl (C=O) groups is 3. The summed E-state index contributed by atoms with van der Waals surface area (Å²) in [5, 5.41) is 2.54. The minimum absolute atomic E-state index is 0.141. The van der Waals surface area contributed by atoms with E-state index in [-0.39, 0.29) is 30.2 Å². The molecule has 2 aliphatic heterocycles. The van der Waals surface area contributed by atoms with Crippen LogP contribution in [0.25, 0.3) is 0 Å². The van der Waals surface area contributed by atoms with E-state index in [2.05, 4.69) is 5.32 Å². The average molecular weight is 467 g/mol. The highest BCUT2D eigenvalue weighted by Crippen LogP contribution is 2.40. The summed E-state index contributed by atoms with van der Waals surface area (Å²) in [4.78, 5) is 39.6. The molecular formula is C25H26N2O5S. The van der Waals surface area contributed by atoms with Crippen molar-refractivity contribution in [3.05, 3.63) is 77.0 Å². The van der Waals surface area contributed by atoms with Gasteiger partial charge >= 0.3 is 5.97 Å². The van der Waals surface area contributed by atoms with Gasteiger partial charge in [0.05, 0.1) is 7.11 Å². The Morgan fingerprint density at radius 2 is 1.82 bits per heavy atom. The summed E-state index contributed by atoms with van der Waals surface area (Å²) in [6, 6.07) is 16.3. The van der Waals surface area contributed by atoms with Crippen LogP contribution in [0.1, 0.15) is 24.5 Å². The molecule has 1 N–H and O–H groups in total. The molecule has 2 amide bonds. The monoisotopic (exact) mass is 466 g/mol. The molecule has 8 heteroatoms. The van der Waals surface area contributed by atoms with E-state index in [4.69, 9.17) is 9.47 Å². The van der Waals surface area contributed by atoms with E-state index >= 15 is 0 Å². The molecule has 2 atom stereocenters. The fourth-order valence-corrected chi connectivity index (χ4v) is 5.14. The Kier molecular flexibility index (Phi) is 7.03. The van der Waals surface area contributed by atoms with Crippen molar-refractivity contribution in [2.24, 2.45) is 0 Å². The highest BCUT2D eigenvalue weighted by molar-refractivity contribution is 8.00. The molecule has 33 heavy (non-hydrogen) atoms. The number of ether oxygens (including phenoxy) is 2. The number of thioether (sulfide) groups is 1. The second-order valence-electron chi connectivity index (χ2n) is 7.99. The van der Waals surface area contributed by atoms with Crippen molar-refractivity contribution < 1.29 is 23.9 Å². The maximum atomic E-state index is 12.9. The van der Waals surface area contributed by atoms with Gasteiger partial charge in [-0.15, -0.1) is 11.8 Å². The number of aryl methyl sites for hydroxylation is 1. The molecule has 1 saturated heterocycles. The van der Waals surface area contributed by atoms with Gasteiger partial charge in [0, 0.05) is 12.2 Å². The zero-order chi connectivity index (χ0) is 23.4. The smallest absolute Gasteiger partial charge is 0.355 e. The first-order chi connectivity index (χ1) is 16.0. The number of hydrogen-bond donors (Lipinski definition) is 1. The lowest BCUT2D eigenvalue weighted by Gasteiger charge is -2.49. The maximum absolute atomic E-state index is 12.9. The molecule has 0 aromatic heterocycles. The number of fused-ring (bicyclic) bond motifs is 1. The van der Waals surface area contributed by atoms with Gasteiger partial charge in [-0.3, -0.25) is 14.5 Å². The van der Waals surface area contributed by atoms with Gasteiger partial charge in [0.2, 0.25) is 5.91 Å². The van der Waals surface area contributed by atoms with E-state index in [0.29, 0.717) is 17.9 Å². The summed E-state index contributed by atoms with van der Waals surface area (Å²) < 4.78 is 10.6. The second-order valence-corrected chi connectivity index (χ2v) is 9.10. The Hall–Kier alpha value is -3.26. The minimum atomic E-state index is -0.636. The number of amides is 2. The normalized spacial score (nSPS) is 19.5. The van der Waals surface area contributed by atoms with E-state index in [1.54, 1.807) is 7.11 Å². The predicted octanol–water partition coefficient (Wildman–Crippen LogP) is 3.05. The quantitative estimate of drug-likeness (QED) is 0.476. The molecule has 0 bridgehead atoms. The summed E-state index contributed by atoms with van der Waals surface area (Å²) in [5.41, 5.74) is 2.99. The molecular weight excluding hydrogens is 440 g/mol. The molecule has 0 radical (unpaired) electrons. The van der Waals surface area contributed by atoms with Crippen LogP contribution in [0.3, 0.4) is 0 Å². The number of carbonyl (C=O) groups excluding carboxylic acids is 3. The van der Waals surface area contributed by atoms with Crippen LogP contribution in [0.2, 0.25) is 0 Å². The third kappa shape index (κ3) is 5.06. The number of nitrogens with one attached hydrogen (secondary N) is 1. The fourth-order valence-electron chi connectivity index (χ4n) is 3.85. The lowest BCUT2D eigenvalue weighted by Crippen LogP contribution is -2.70. The van der Waals surface area contributed by atoms with Crippen molar-refractivity contribution in [3.8, 4) is 5.75 Å². The van der Waals surface area contributed by atoms with E-state index in [0.717, 1.165) is 22.4 Å². The van der Waals surface area contributed by atoms with Crippen LogP contribution in [0.15, 0.2) is 65.9 Å². The zero-order valence-electron chi connectivity index (χ0n) is 18.6. The lowest BCUT2D eigenvalue weighted by molar-refractivity contribution is -0.153. The van der Waals surface area contributed by atoms with E-state index in [1.165, 1.54) is 16.7 Å². The van der Waals surface area contributed by atoms with Crippen molar-refractivity contribution in [3.63, 3.8) is 0 Å². The molecule has 0 aliphatic carbocycles. The molecule has 0 unspecified atom stereocenters. The van der Waals surface area contributed by atoms with Crippen molar-refractivity contribution in [1.82, 2.24) is 10.2 Å². The van der Waals surface area contributed by atoms with Crippen LogP contribution in [0.4, 0.5) is 0 Å². The predicted molar refractivity (Wildman–Crippen MR) is 125 cm³/mol. The van der Waals surface area contributed by atoms with Gasteiger partial charge in [-0.2, -0.15) is 0 Å². The summed E-state index contributed by atoms with van der Waals surface area (Å²) >= 11 is 1.54. The second kappa shape index (κ2) is 10.1. The minimum Gasteiger partial charge on any atom is -0.497 e. The highest BCUT2D eigenvalue weighted by Gasteiger charge is 2.53. The summed E-state index contributed by atoms with van der Waals surface area (Å²) in [5.74, 6) is 0.376. The van der Waals surface area contributed by atoms with Crippen molar-refractivity contribution >= 4 is 29.5 Å². The van der Waals surface area contributed by atoms with Gasteiger partial charge in [0.25, 0.3) is 5.91 Å². The first kappa shape index (κ1) is 22.9. The van der Waals surface area contributed by atoms with Crippen LogP contribution in [0.5, 0.6) is 5.75 Å². The number of benzene rings is 2. The molecule has 172 valence electrons. The first-order valence-electron chi connectivity index (χ1n) is 10.8. The van der Waals surface area contributed by atoms with E-state index in [1.807, 2.05) is 61.5 Å². The summed E-state index contributed by atoms with van der Waals surface area (Å²) in [6.07, 6.45) is 0.836. The molecule has 2 aromatic carbocycles. The fraction of sp³-hybridized carbons (Fsp3) is 0.320. The summed E-state index contributed by atoms with van der Waals surface area (Å²) in [6.45, 7) is 1.97. The molecule has 4 rings (SSSR count). The van der Waals surface area contributed by atoms with Gasteiger partial charge in [0.15, 0.2) is 0 Å². The van der Waals surface area contributed by atoms with E-state index in [9.17, 15) is 14.4 Å². The molecule has 7 nitrogen and oxygen atoms in total. The van der Waals surface area contributed by atoms with Crippen LogP contribution in [-0.4, -0.2) is 47.0 Å². The van der Waals surface area contributed by atoms with Gasteiger partial charge in [-0.05, 0) is 42.2 Å². The molecule has 2 aromatic rings. The molecule has 1 fully saturated rings. The van der Waals surface area contributed by atoms with Crippen molar-refractivity contribution in [1.29, 1.82) is 0 Å². The van der Waals surface area contributed by atoms with Gasteiger partial charge in [0.1, 0.15) is 29.5 Å². The standard InChI is InChI=1S/C25H26N2O5S/c1-16-15-33-24-21(26-20(28)13-10-17-8-11-19(31-2)12-9-17)23(29)27(24)22(16)25(30)32-14-18-6-4-3-5-7-18/h3-9,11-12,21,24H,10,13-15H2,1-2H3,(H,26,28)/t21-,24-/m1/s1. The third-order valence-corrected chi connectivity index (χ3v) is 7.11. The molecule has 0 spiro atoms. The van der Waals surface area contributed by atoms with Gasteiger partial charge in [-0.1, -0.05) is 42.5 Å². The van der Waals surface area contributed by atoms with Gasteiger partial charge < -0.3 is 14.8 Å². The first-order valence-corrected chi connectivity index (χ1v) is 11.8. The highest BCUT2D eigenvalue weighted by atomic mass is 32.2. The number of rotatable bonds is 8. The van der Waals surface area contributed by atoms with Gasteiger partial charge in [-0.25, -0.2) is 4.79 Å². The lowest BCUT2D eigenvalue weighted by atomic mass is 10.0. The Morgan fingerprint density at radius 3 is 2.52 bits per heavy atom. The Bertz CT molecular complexity index is 1070. The largest absolute Gasteiger partial charge is 0.497 e. The third-order valence-electron chi connectivity index (χ3n) is 5.68. The number of hydrogen-bond acceptors (Lipinski definition) is 6. The number of nitrogens with zero attached hydrogens (tertiary/aromatic N) is 1. The zero-order valence-corrected chi connectivity index (χ0v) is 19.4.